The molecular formula is C10H14ClNO. The highest BCUT2D eigenvalue weighted by atomic mass is 35.5. The molecule has 72 valence electrons. The number of nitrogens with zero attached hydrogens (tertiary/aromatic N) is 1. The van der Waals surface area contributed by atoms with E-state index in [-0.39, 0.29) is 11.6 Å². The van der Waals surface area contributed by atoms with Gasteiger partial charge in [0.05, 0.1) is 0 Å². The Bertz CT molecular complexity index is 343. The molecule has 3 heteroatoms. The molecule has 0 N–H and O–H groups in total. The van der Waals surface area contributed by atoms with Crippen LogP contribution in [0.2, 0.25) is 5.02 Å². The molecule has 0 spiro atoms. The molecule has 1 aromatic heterocycles. The van der Waals surface area contributed by atoms with Crippen molar-refractivity contribution in [3.05, 3.63) is 33.7 Å². The maximum atomic E-state index is 11.5. The lowest BCUT2D eigenvalue weighted by molar-refractivity contribution is 0.398. The molecule has 0 saturated heterocycles. The van der Waals surface area contributed by atoms with Gasteiger partial charge in [0.2, 0.25) is 0 Å². The van der Waals surface area contributed by atoms with E-state index < -0.39 is 0 Å². The fourth-order valence-electron chi connectivity index (χ4n) is 1.12. The van der Waals surface area contributed by atoms with Crippen molar-refractivity contribution in [2.24, 2.45) is 5.92 Å². The summed E-state index contributed by atoms with van der Waals surface area (Å²) in [5.74, 6) is 0.443. The molecular weight excluding hydrogens is 186 g/mol. The lowest BCUT2D eigenvalue weighted by Crippen LogP contribution is -2.24. The molecule has 1 atom stereocenters. The summed E-state index contributed by atoms with van der Waals surface area (Å²) in [5, 5.41) is 0.497. The summed E-state index contributed by atoms with van der Waals surface area (Å²) < 4.78 is 1.70. The first-order chi connectivity index (χ1) is 6.02. The van der Waals surface area contributed by atoms with Gasteiger partial charge in [-0.3, -0.25) is 4.79 Å². The topological polar surface area (TPSA) is 22.0 Å². The molecule has 1 rings (SSSR count). The highest BCUT2D eigenvalue weighted by molar-refractivity contribution is 6.30. The number of aromatic nitrogens is 1. The smallest absolute Gasteiger partial charge is 0.252 e. The van der Waals surface area contributed by atoms with Crippen molar-refractivity contribution in [2.45, 2.75) is 26.8 Å². The molecule has 0 fully saturated rings. The van der Waals surface area contributed by atoms with Crippen molar-refractivity contribution >= 4 is 11.6 Å². The normalized spacial score (nSPS) is 13.3. The standard InChI is InChI=1S/C10H14ClNO/c1-7(2)8(3)12-5-4-9(11)6-10(12)13/h4-8H,1-3H3/t8-/m0/s1. The van der Waals surface area contributed by atoms with Crippen molar-refractivity contribution in [2.75, 3.05) is 0 Å². The van der Waals surface area contributed by atoms with Crippen molar-refractivity contribution in [1.82, 2.24) is 4.57 Å². The van der Waals surface area contributed by atoms with Crippen molar-refractivity contribution in [3.63, 3.8) is 0 Å². The van der Waals surface area contributed by atoms with Gasteiger partial charge in [0.1, 0.15) is 0 Å². The Balaban J connectivity index is 3.09. The van der Waals surface area contributed by atoms with Crippen LogP contribution in [-0.4, -0.2) is 4.57 Å². The monoisotopic (exact) mass is 199 g/mol. The Morgan fingerprint density at radius 2 is 2.00 bits per heavy atom. The zero-order chi connectivity index (χ0) is 10.0. The third kappa shape index (κ3) is 2.34. The predicted molar refractivity (Wildman–Crippen MR) is 55.3 cm³/mol. The average molecular weight is 200 g/mol. The van der Waals surface area contributed by atoms with E-state index in [0.717, 1.165) is 0 Å². The summed E-state index contributed by atoms with van der Waals surface area (Å²) in [6.45, 7) is 6.21. The Kier molecular flexibility index (Phi) is 3.15. The Morgan fingerprint density at radius 1 is 1.38 bits per heavy atom. The van der Waals surface area contributed by atoms with Gasteiger partial charge in [-0.1, -0.05) is 25.4 Å². The van der Waals surface area contributed by atoms with Gasteiger partial charge in [-0.05, 0) is 18.9 Å². The Morgan fingerprint density at radius 3 is 2.46 bits per heavy atom. The Labute approximate surface area is 83.2 Å². The van der Waals surface area contributed by atoms with Crippen LogP contribution in [0, 0.1) is 5.92 Å². The van der Waals surface area contributed by atoms with E-state index in [2.05, 4.69) is 13.8 Å². The van der Waals surface area contributed by atoms with E-state index in [4.69, 9.17) is 11.6 Å². The van der Waals surface area contributed by atoms with E-state index in [1.165, 1.54) is 6.07 Å². The summed E-state index contributed by atoms with van der Waals surface area (Å²) in [7, 11) is 0. The molecule has 0 bridgehead atoms. The number of hydrogen-bond donors (Lipinski definition) is 0. The first-order valence-corrected chi connectivity index (χ1v) is 4.78. The van der Waals surface area contributed by atoms with Crippen LogP contribution in [-0.2, 0) is 0 Å². The second-order valence-corrected chi connectivity index (χ2v) is 4.01. The van der Waals surface area contributed by atoms with Gasteiger partial charge >= 0.3 is 0 Å². The van der Waals surface area contributed by atoms with Gasteiger partial charge < -0.3 is 4.57 Å². The van der Waals surface area contributed by atoms with Crippen LogP contribution in [0.5, 0.6) is 0 Å². The van der Waals surface area contributed by atoms with Crippen LogP contribution in [0.25, 0.3) is 0 Å². The molecule has 0 radical (unpaired) electrons. The maximum Gasteiger partial charge on any atom is 0.252 e. The predicted octanol–water partition coefficient (Wildman–Crippen LogP) is 2.72. The third-order valence-corrected chi connectivity index (χ3v) is 2.55. The lowest BCUT2D eigenvalue weighted by Gasteiger charge is -2.18. The summed E-state index contributed by atoms with van der Waals surface area (Å²) in [6.07, 6.45) is 1.75. The summed E-state index contributed by atoms with van der Waals surface area (Å²) in [4.78, 5) is 11.5. The van der Waals surface area contributed by atoms with Gasteiger partial charge in [0.15, 0.2) is 0 Å². The molecule has 0 aliphatic carbocycles. The van der Waals surface area contributed by atoms with Crippen LogP contribution in [0.4, 0.5) is 0 Å². The number of hydrogen-bond acceptors (Lipinski definition) is 1. The van der Waals surface area contributed by atoms with Crippen LogP contribution < -0.4 is 5.56 Å². The fraction of sp³-hybridized carbons (Fsp3) is 0.500. The Hall–Kier alpha value is -0.760. The van der Waals surface area contributed by atoms with Crippen molar-refractivity contribution in [1.29, 1.82) is 0 Å². The fourth-order valence-corrected chi connectivity index (χ4v) is 1.27. The van der Waals surface area contributed by atoms with E-state index in [9.17, 15) is 4.79 Å². The van der Waals surface area contributed by atoms with E-state index in [1.54, 1.807) is 16.8 Å². The molecule has 13 heavy (non-hydrogen) atoms. The quantitative estimate of drug-likeness (QED) is 0.718. The first kappa shape index (κ1) is 10.3. The van der Waals surface area contributed by atoms with Gasteiger partial charge in [-0.15, -0.1) is 0 Å². The van der Waals surface area contributed by atoms with E-state index in [1.807, 2.05) is 6.92 Å². The molecule has 0 aromatic carbocycles. The highest BCUT2D eigenvalue weighted by Crippen LogP contribution is 2.14. The molecule has 1 heterocycles. The zero-order valence-corrected chi connectivity index (χ0v) is 8.88. The summed E-state index contributed by atoms with van der Waals surface area (Å²) in [5.41, 5.74) is -0.0336. The molecule has 0 saturated carbocycles. The van der Waals surface area contributed by atoms with Crippen LogP contribution in [0.3, 0.4) is 0 Å². The van der Waals surface area contributed by atoms with Crippen LogP contribution >= 0.6 is 11.6 Å². The second kappa shape index (κ2) is 3.97. The lowest BCUT2D eigenvalue weighted by atomic mass is 10.1. The van der Waals surface area contributed by atoms with Gasteiger partial charge in [0, 0.05) is 23.3 Å². The largest absolute Gasteiger partial charge is 0.312 e. The number of halogens is 1. The molecule has 0 amide bonds. The highest BCUT2D eigenvalue weighted by Gasteiger charge is 2.09. The van der Waals surface area contributed by atoms with Gasteiger partial charge in [0.25, 0.3) is 5.56 Å². The molecule has 0 aliphatic heterocycles. The van der Waals surface area contributed by atoms with E-state index in [0.29, 0.717) is 10.9 Å². The number of pyridine rings is 1. The third-order valence-electron chi connectivity index (χ3n) is 2.31. The first-order valence-electron chi connectivity index (χ1n) is 4.40. The summed E-state index contributed by atoms with van der Waals surface area (Å²) >= 11 is 5.69. The minimum Gasteiger partial charge on any atom is -0.312 e. The van der Waals surface area contributed by atoms with Gasteiger partial charge in [-0.2, -0.15) is 0 Å². The summed E-state index contributed by atoms with van der Waals surface area (Å²) in [6, 6.07) is 3.40. The minimum atomic E-state index is -0.0336. The van der Waals surface area contributed by atoms with Crippen LogP contribution in [0.15, 0.2) is 23.1 Å². The number of rotatable bonds is 2. The maximum absolute atomic E-state index is 11.5. The van der Waals surface area contributed by atoms with E-state index >= 15 is 0 Å². The molecule has 0 unspecified atom stereocenters. The minimum absolute atomic E-state index is 0.0336. The van der Waals surface area contributed by atoms with Crippen molar-refractivity contribution in [3.8, 4) is 0 Å². The second-order valence-electron chi connectivity index (χ2n) is 3.58. The molecule has 1 aromatic rings. The van der Waals surface area contributed by atoms with Crippen LogP contribution in [0.1, 0.15) is 26.8 Å². The molecule has 0 aliphatic rings. The zero-order valence-electron chi connectivity index (χ0n) is 8.12. The van der Waals surface area contributed by atoms with Gasteiger partial charge in [-0.25, -0.2) is 0 Å². The average Bonchev–Trinajstić information content (AvgIpc) is 2.03. The van der Waals surface area contributed by atoms with Crippen molar-refractivity contribution < 1.29 is 0 Å². The SMILES string of the molecule is CC(C)[C@H](C)n1ccc(Cl)cc1=O. The molecule has 2 nitrogen and oxygen atoms in total.